The van der Waals surface area contributed by atoms with Gasteiger partial charge in [0.05, 0.1) is 24.5 Å². The summed E-state index contributed by atoms with van der Waals surface area (Å²) in [4.78, 5) is 17.0. The highest BCUT2D eigenvalue weighted by Crippen LogP contribution is 2.25. The van der Waals surface area contributed by atoms with Gasteiger partial charge in [0, 0.05) is 12.4 Å². The lowest BCUT2D eigenvalue weighted by molar-refractivity contribution is 0.0963. The summed E-state index contributed by atoms with van der Waals surface area (Å²) >= 11 is 0. The molecule has 3 rings (SSSR count). The van der Waals surface area contributed by atoms with Crippen molar-refractivity contribution >= 4 is 11.8 Å². The molecule has 1 saturated heterocycles. The number of amides is 1. The molecule has 1 atom stereocenters. The number of carbonyl (C=O) groups excluding carboxylic acids is 1. The maximum Gasteiger partial charge on any atom is 0.414 e. The van der Waals surface area contributed by atoms with E-state index < -0.39 is 18.0 Å². The second kappa shape index (κ2) is 5.17. The van der Waals surface area contributed by atoms with Crippen molar-refractivity contribution in [3.63, 3.8) is 0 Å². The van der Waals surface area contributed by atoms with Crippen LogP contribution in [0.2, 0.25) is 0 Å². The Bertz CT molecular complexity index is 686. The summed E-state index contributed by atoms with van der Waals surface area (Å²) in [5.41, 5.74) is 0.759. The quantitative estimate of drug-likeness (QED) is 0.933. The van der Waals surface area contributed by atoms with Gasteiger partial charge in [-0.1, -0.05) is 0 Å². The first-order valence-corrected chi connectivity index (χ1v) is 6.49. The van der Waals surface area contributed by atoms with Crippen molar-refractivity contribution < 1.29 is 19.0 Å². The molecule has 7 heteroatoms. The first-order valence-electron chi connectivity index (χ1n) is 6.49. The summed E-state index contributed by atoms with van der Waals surface area (Å²) in [5, 5.41) is 9.01. The third kappa shape index (κ3) is 2.36. The average molecular weight is 291 g/mol. The van der Waals surface area contributed by atoms with Gasteiger partial charge in [0.2, 0.25) is 0 Å². The van der Waals surface area contributed by atoms with Crippen LogP contribution in [0.4, 0.5) is 14.9 Å². The van der Waals surface area contributed by atoms with Gasteiger partial charge in [-0.2, -0.15) is 0 Å². The summed E-state index contributed by atoms with van der Waals surface area (Å²) in [6.45, 7) is 1.73. The minimum atomic E-state index is -0.583. The summed E-state index contributed by atoms with van der Waals surface area (Å²) in [7, 11) is 0. The van der Waals surface area contributed by atoms with Crippen LogP contribution in [0, 0.1) is 12.7 Å². The number of rotatable bonds is 3. The number of anilines is 1. The molecule has 6 nitrogen and oxygen atoms in total. The number of benzene rings is 1. The van der Waals surface area contributed by atoms with Gasteiger partial charge >= 0.3 is 6.09 Å². The zero-order valence-corrected chi connectivity index (χ0v) is 11.4. The number of aromatic nitrogens is 2. The monoisotopic (exact) mass is 291 g/mol. The third-order valence-corrected chi connectivity index (χ3v) is 3.41. The first-order chi connectivity index (χ1) is 10.1. The second-order valence-electron chi connectivity index (χ2n) is 4.78. The second-order valence-corrected chi connectivity index (χ2v) is 4.78. The summed E-state index contributed by atoms with van der Waals surface area (Å²) < 4.78 is 20.8. The van der Waals surface area contributed by atoms with Crippen molar-refractivity contribution in [2.45, 2.75) is 13.0 Å². The van der Waals surface area contributed by atoms with Gasteiger partial charge in [0.25, 0.3) is 0 Å². The summed E-state index contributed by atoms with van der Waals surface area (Å²) in [6.07, 6.45) is 2.10. The van der Waals surface area contributed by atoms with Crippen molar-refractivity contribution in [1.82, 2.24) is 9.55 Å². The number of aliphatic hydroxyl groups is 1. The van der Waals surface area contributed by atoms with E-state index in [9.17, 15) is 9.18 Å². The lowest BCUT2D eigenvalue weighted by Crippen LogP contribution is -2.25. The fourth-order valence-electron chi connectivity index (χ4n) is 2.32. The third-order valence-electron chi connectivity index (χ3n) is 3.41. The smallest absolute Gasteiger partial charge is 0.414 e. The molecule has 21 heavy (non-hydrogen) atoms. The number of nitrogens with zero attached hydrogens (tertiary/aromatic N) is 3. The fraction of sp³-hybridized carbons (Fsp3) is 0.286. The molecule has 110 valence electrons. The van der Waals surface area contributed by atoms with Crippen molar-refractivity contribution in [1.29, 1.82) is 0 Å². The molecule has 1 aliphatic rings. The Kier molecular flexibility index (Phi) is 3.34. The van der Waals surface area contributed by atoms with E-state index in [4.69, 9.17) is 9.84 Å². The van der Waals surface area contributed by atoms with E-state index in [1.807, 2.05) is 0 Å². The number of halogens is 1. The van der Waals surface area contributed by atoms with Crippen molar-refractivity contribution in [3.8, 4) is 5.69 Å². The van der Waals surface area contributed by atoms with Crippen LogP contribution in [-0.4, -0.2) is 40.0 Å². The molecule has 0 unspecified atom stereocenters. The number of aryl methyl sites for hydroxylation is 1. The number of cyclic esters (lactones) is 1. The van der Waals surface area contributed by atoms with Crippen LogP contribution < -0.4 is 4.90 Å². The van der Waals surface area contributed by atoms with Gasteiger partial charge in [0.1, 0.15) is 17.7 Å². The zero-order chi connectivity index (χ0) is 15.0. The van der Waals surface area contributed by atoms with Crippen molar-refractivity contribution in [2.75, 3.05) is 18.1 Å². The lowest BCUT2D eigenvalue weighted by Gasteiger charge is -2.14. The highest BCUT2D eigenvalue weighted by atomic mass is 19.1. The molecule has 1 N–H and O–H groups in total. The average Bonchev–Trinajstić information content (AvgIpc) is 3.05. The normalized spacial score (nSPS) is 18.1. The van der Waals surface area contributed by atoms with E-state index in [0.29, 0.717) is 17.2 Å². The highest BCUT2D eigenvalue weighted by molar-refractivity contribution is 5.89. The topological polar surface area (TPSA) is 67.6 Å². The molecule has 0 radical (unpaired) electrons. The van der Waals surface area contributed by atoms with E-state index in [1.54, 1.807) is 36.0 Å². The maximum atomic E-state index is 14.3. The van der Waals surface area contributed by atoms with Crippen LogP contribution in [0.3, 0.4) is 0 Å². The van der Waals surface area contributed by atoms with Gasteiger partial charge in [-0.15, -0.1) is 0 Å². The molecular weight excluding hydrogens is 277 g/mol. The van der Waals surface area contributed by atoms with Crippen LogP contribution in [0.5, 0.6) is 0 Å². The molecule has 0 bridgehead atoms. The fourth-order valence-corrected chi connectivity index (χ4v) is 2.32. The maximum absolute atomic E-state index is 14.3. The molecule has 1 amide bonds. The van der Waals surface area contributed by atoms with Gasteiger partial charge in [-0.05, 0) is 25.1 Å². The molecule has 1 aromatic carbocycles. The van der Waals surface area contributed by atoms with Gasteiger partial charge in [-0.3, -0.25) is 4.90 Å². The molecule has 0 aliphatic carbocycles. The Balaban J connectivity index is 1.92. The van der Waals surface area contributed by atoms with Gasteiger partial charge < -0.3 is 14.4 Å². The zero-order valence-electron chi connectivity index (χ0n) is 11.4. The summed E-state index contributed by atoms with van der Waals surface area (Å²) in [6, 6.07) is 4.49. The summed E-state index contributed by atoms with van der Waals surface area (Å²) in [5.74, 6) is 0.205. The Hall–Kier alpha value is -2.41. The molecule has 2 aromatic rings. The minimum Gasteiger partial charge on any atom is -0.441 e. The van der Waals surface area contributed by atoms with Gasteiger partial charge in [0.15, 0.2) is 0 Å². The van der Waals surface area contributed by atoms with Crippen LogP contribution in [-0.2, 0) is 4.74 Å². The number of carbonyl (C=O) groups is 1. The number of aliphatic hydroxyl groups excluding tert-OH is 1. The number of hydrogen-bond donors (Lipinski definition) is 1. The molecular formula is C14H14FN3O3. The Labute approximate surface area is 120 Å². The van der Waals surface area contributed by atoms with Crippen molar-refractivity contribution in [3.05, 3.63) is 42.2 Å². The van der Waals surface area contributed by atoms with E-state index in [0.717, 1.165) is 0 Å². The van der Waals surface area contributed by atoms with Crippen molar-refractivity contribution in [2.24, 2.45) is 0 Å². The number of hydrogen-bond acceptors (Lipinski definition) is 4. The predicted molar refractivity (Wildman–Crippen MR) is 73.0 cm³/mol. The molecule has 1 fully saturated rings. The molecule has 0 spiro atoms. The highest BCUT2D eigenvalue weighted by Gasteiger charge is 2.32. The minimum absolute atomic E-state index is 0.207. The number of ether oxygens (including phenoxy) is 1. The van der Waals surface area contributed by atoms with E-state index in [2.05, 4.69) is 4.98 Å². The first kappa shape index (κ1) is 13.6. The standard InChI is InChI=1S/C14H14FN3O3/c1-9-16-4-5-17(9)13-3-2-10(6-12(13)15)18-7-11(8-19)21-14(18)20/h2-6,11,19H,7-8H2,1H3/t11-/m0/s1. The van der Waals surface area contributed by atoms with Crippen LogP contribution in [0.15, 0.2) is 30.6 Å². The van der Waals surface area contributed by atoms with E-state index in [-0.39, 0.29) is 13.2 Å². The molecule has 2 heterocycles. The Morgan fingerprint density at radius 2 is 2.33 bits per heavy atom. The molecule has 1 aromatic heterocycles. The van der Waals surface area contributed by atoms with Crippen LogP contribution in [0.25, 0.3) is 5.69 Å². The largest absolute Gasteiger partial charge is 0.441 e. The van der Waals surface area contributed by atoms with Gasteiger partial charge in [-0.25, -0.2) is 14.2 Å². The van der Waals surface area contributed by atoms with E-state index in [1.165, 1.54) is 11.0 Å². The Morgan fingerprint density at radius 3 is 2.90 bits per heavy atom. The molecule has 0 saturated carbocycles. The van der Waals surface area contributed by atoms with Crippen LogP contribution >= 0.6 is 0 Å². The predicted octanol–water partition coefficient (Wildman–Crippen LogP) is 1.64. The Morgan fingerprint density at radius 1 is 1.52 bits per heavy atom. The lowest BCUT2D eigenvalue weighted by atomic mass is 10.2. The van der Waals surface area contributed by atoms with Crippen LogP contribution in [0.1, 0.15) is 5.82 Å². The SMILES string of the molecule is Cc1nccn1-c1ccc(N2C[C@@H](CO)OC2=O)cc1F. The van der Waals surface area contributed by atoms with E-state index >= 15 is 0 Å². The molecule has 1 aliphatic heterocycles. The number of imidazole rings is 1.